The molecular weight excluding hydrogens is 522 g/mol. The van der Waals surface area contributed by atoms with Crippen molar-refractivity contribution in [2.75, 3.05) is 13.2 Å². The molecule has 1 aliphatic carbocycles. The van der Waals surface area contributed by atoms with E-state index in [0.29, 0.717) is 12.1 Å². The van der Waals surface area contributed by atoms with E-state index in [-0.39, 0.29) is 36.2 Å². The second-order valence-electron chi connectivity index (χ2n) is 13.7. The van der Waals surface area contributed by atoms with Crippen LogP contribution >= 0.6 is 0 Å². The molecule has 1 aliphatic heterocycles. The van der Waals surface area contributed by atoms with Crippen molar-refractivity contribution in [2.24, 2.45) is 23.2 Å². The highest BCUT2D eigenvalue weighted by atomic mass is 16.6. The van der Waals surface area contributed by atoms with Gasteiger partial charge in [0.25, 0.3) is 0 Å². The number of hydrogen-bond acceptors (Lipinski definition) is 6. The van der Waals surface area contributed by atoms with Gasteiger partial charge in [0.2, 0.25) is 11.8 Å². The minimum atomic E-state index is -0.872. The van der Waals surface area contributed by atoms with E-state index in [1.807, 2.05) is 40.7 Å². The lowest BCUT2D eigenvalue weighted by Crippen LogP contribution is -2.60. The van der Waals surface area contributed by atoms with Crippen LogP contribution in [0, 0.1) is 23.2 Å². The second-order valence-corrected chi connectivity index (χ2v) is 13.7. The summed E-state index contributed by atoms with van der Waals surface area (Å²) in [4.78, 5) is 55.0. The number of nitrogens with zero attached hydrogens (tertiary/aromatic N) is 1. The third-order valence-corrected chi connectivity index (χ3v) is 8.28. The Labute approximate surface area is 245 Å². The van der Waals surface area contributed by atoms with E-state index in [0.717, 1.165) is 25.7 Å². The van der Waals surface area contributed by atoms with Crippen molar-refractivity contribution in [3.8, 4) is 0 Å². The number of ether oxygens (including phenoxy) is 2. The predicted octanol–water partition coefficient (Wildman–Crippen LogP) is 4.94. The van der Waals surface area contributed by atoms with Crippen molar-refractivity contribution in [1.29, 1.82) is 0 Å². The number of benzene rings is 1. The fraction of sp³-hybridized carbons (Fsp3) is 0.688. The van der Waals surface area contributed by atoms with Crippen molar-refractivity contribution in [1.82, 2.24) is 15.5 Å². The zero-order valence-electron chi connectivity index (χ0n) is 26.0. The van der Waals surface area contributed by atoms with Crippen LogP contribution in [-0.2, 0) is 19.1 Å². The highest BCUT2D eigenvalue weighted by Crippen LogP contribution is 2.43. The molecule has 9 nitrogen and oxygen atoms in total. The quantitative estimate of drug-likeness (QED) is 0.406. The summed E-state index contributed by atoms with van der Waals surface area (Å²) in [6.45, 7) is 15.5. The van der Waals surface area contributed by atoms with Crippen LogP contribution in [-0.4, -0.2) is 65.7 Å². The van der Waals surface area contributed by atoms with Gasteiger partial charge >= 0.3 is 12.1 Å². The van der Waals surface area contributed by atoms with Crippen LogP contribution in [0.2, 0.25) is 0 Å². The average Bonchev–Trinajstić information content (AvgIpc) is 3.49. The first-order valence-corrected chi connectivity index (χ1v) is 14.9. The minimum Gasteiger partial charge on any atom is -0.460 e. The molecular formula is C32H49N3O6. The Kier molecular flexibility index (Phi) is 10.5. The number of carbonyl (C=O) groups is 4. The molecule has 2 N–H and O–H groups in total. The Morgan fingerprint density at radius 2 is 1.66 bits per heavy atom. The summed E-state index contributed by atoms with van der Waals surface area (Å²) in [6.07, 6.45) is 2.95. The van der Waals surface area contributed by atoms with Gasteiger partial charge in [0.15, 0.2) is 0 Å². The molecule has 6 unspecified atom stereocenters. The molecule has 1 heterocycles. The van der Waals surface area contributed by atoms with E-state index in [1.165, 1.54) is 0 Å². The Morgan fingerprint density at radius 3 is 2.24 bits per heavy atom. The monoisotopic (exact) mass is 571 g/mol. The molecule has 3 rings (SSSR count). The Hall–Kier alpha value is -3.10. The zero-order chi connectivity index (χ0) is 30.5. The highest BCUT2D eigenvalue weighted by molar-refractivity contribution is 5.93. The molecule has 0 spiro atoms. The average molecular weight is 572 g/mol. The Morgan fingerprint density at radius 1 is 1.00 bits per heavy atom. The lowest BCUT2D eigenvalue weighted by Gasteiger charge is -2.37. The van der Waals surface area contributed by atoms with Crippen LogP contribution in [0.25, 0.3) is 0 Å². The van der Waals surface area contributed by atoms with E-state index in [4.69, 9.17) is 9.47 Å². The molecule has 9 heteroatoms. The minimum absolute atomic E-state index is 0.0358. The molecule has 3 amide bonds. The van der Waals surface area contributed by atoms with Crippen molar-refractivity contribution in [3.63, 3.8) is 0 Å². The number of alkyl carbamates (subject to hydrolysis) is 1. The maximum absolute atomic E-state index is 14.1. The summed E-state index contributed by atoms with van der Waals surface area (Å²) < 4.78 is 11.1. The first kappa shape index (κ1) is 32.4. The maximum atomic E-state index is 14.1. The van der Waals surface area contributed by atoms with Gasteiger partial charge in [-0.3, -0.25) is 9.59 Å². The van der Waals surface area contributed by atoms with Crippen LogP contribution < -0.4 is 10.6 Å². The van der Waals surface area contributed by atoms with Crippen molar-refractivity contribution in [2.45, 2.75) is 105 Å². The summed E-state index contributed by atoms with van der Waals surface area (Å²) in [5.74, 6) is -0.640. The number of fused-ring (bicyclic) bond motifs is 1. The third kappa shape index (κ3) is 8.46. The molecule has 2 fully saturated rings. The summed E-state index contributed by atoms with van der Waals surface area (Å²) >= 11 is 0. The van der Waals surface area contributed by atoms with E-state index < -0.39 is 41.2 Å². The molecule has 1 aromatic carbocycles. The van der Waals surface area contributed by atoms with E-state index >= 15 is 0 Å². The van der Waals surface area contributed by atoms with Crippen molar-refractivity contribution >= 4 is 23.9 Å². The largest absolute Gasteiger partial charge is 0.460 e. The molecule has 1 aromatic rings. The van der Waals surface area contributed by atoms with Gasteiger partial charge in [-0.15, -0.1) is 0 Å². The van der Waals surface area contributed by atoms with Crippen molar-refractivity contribution < 1.29 is 28.7 Å². The number of nitrogens with one attached hydrogen (secondary N) is 2. The number of hydrogen-bond donors (Lipinski definition) is 2. The lowest BCUT2D eigenvalue weighted by atomic mass is 9.85. The number of rotatable bonds is 9. The zero-order valence-corrected chi connectivity index (χ0v) is 26.0. The van der Waals surface area contributed by atoms with Gasteiger partial charge in [-0.2, -0.15) is 0 Å². The Bertz CT molecular complexity index is 1080. The number of amides is 3. The van der Waals surface area contributed by atoms with Gasteiger partial charge < -0.3 is 25.0 Å². The fourth-order valence-electron chi connectivity index (χ4n) is 5.83. The normalized spacial score (nSPS) is 22.7. The first-order chi connectivity index (χ1) is 19.1. The summed E-state index contributed by atoms with van der Waals surface area (Å²) in [6, 6.07) is 6.83. The van der Waals surface area contributed by atoms with Gasteiger partial charge in [0.1, 0.15) is 24.3 Å². The van der Waals surface area contributed by atoms with Gasteiger partial charge in [-0.05, 0) is 68.9 Å². The molecule has 0 bridgehead atoms. The van der Waals surface area contributed by atoms with E-state index in [9.17, 15) is 19.2 Å². The van der Waals surface area contributed by atoms with E-state index in [2.05, 4.69) is 10.6 Å². The number of esters is 1. The standard InChI is InChI=1S/C32H49N3O6/c1-9-20(2)24(19-40-29(38)21-14-11-10-12-15-21)33-27(36)25-23-17-13-16-22(23)18-35(25)28(37)26(31(3,4)5)34-30(39)41-32(6,7)8/h10-12,14-15,20,22-26H,9,13,16-19H2,1-8H3,(H,33,36)(H,34,39). The van der Waals surface area contributed by atoms with Gasteiger partial charge in [-0.25, -0.2) is 9.59 Å². The lowest BCUT2D eigenvalue weighted by molar-refractivity contribution is -0.143. The first-order valence-electron chi connectivity index (χ1n) is 14.9. The summed E-state index contributed by atoms with van der Waals surface area (Å²) in [7, 11) is 0. The third-order valence-electron chi connectivity index (χ3n) is 8.28. The molecule has 0 aromatic heterocycles. The van der Waals surface area contributed by atoms with Crippen LogP contribution in [0.1, 0.15) is 91.4 Å². The van der Waals surface area contributed by atoms with Gasteiger partial charge in [0, 0.05) is 6.54 Å². The topological polar surface area (TPSA) is 114 Å². The summed E-state index contributed by atoms with van der Waals surface area (Å²) in [5, 5.41) is 5.93. The molecule has 0 radical (unpaired) electrons. The Balaban J connectivity index is 1.80. The molecule has 6 atom stereocenters. The number of carbonyl (C=O) groups excluding carboxylic acids is 4. The second kappa shape index (κ2) is 13.3. The molecule has 41 heavy (non-hydrogen) atoms. The van der Waals surface area contributed by atoms with Gasteiger partial charge in [0.05, 0.1) is 11.6 Å². The van der Waals surface area contributed by atoms with Crippen LogP contribution in [0.4, 0.5) is 4.79 Å². The smallest absolute Gasteiger partial charge is 0.408 e. The van der Waals surface area contributed by atoms with Crippen molar-refractivity contribution in [3.05, 3.63) is 35.9 Å². The SMILES string of the molecule is CCC(C)C(COC(=O)c1ccccc1)NC(=O)C1C2CCCC2CN1C(=O)C(NC(=O)OC(C)(C)C)C(C)(C)C. The summed E-state index contributed by atoms with van der Waals surface area (Å²) in [5.41, 5.74) is -0.872. The molecule has 1 saturated carbocycles. The fourth-order valence-corrected chi connectivity index (χ4v) is 5.83. The van der Waals surface area contributed by atoms with Crippen LogP contribution in [0.5, 0.6) is 0 Å². The van der Waals surface area contributed by atoms with E-state index in [1.54, 1.807) is 49.9 Å². The number of likely N-dealkylation sites (tertiary alicyclic amines) is 1. The van der Waals surface area contributed by atoms with Crippen LogP contribution in [0.3, 0.4) is 0 Å². The molecule has 228 valence electrons. The van der Waals surface area contributed by atoms with Gasteiger partial charge in [-0.1, -0.05) is 65.7 Å². The highest BCUT2D eigenvalue weighted by Gasteiger charge is 2.52. The predicted molar refractivity (Wildman–Crippen MR) is 157 cm³/mol. The maximum Gasteiger partial charge on any atom is 0.408 e. The van der Waals surface area contributed by atoms with Crippen LogP contribution in [0.15, 0.2) is 30.3 Å². The molecule has 2 aliphatic rings. The molecule has 1 saturated heterocycles.